The van der Waals surface area contributed by atoms with Crippen LogP contribution in [0, 0.1) is 0 Å². The summed E-state index contributed by atoms with van der Waals surface area (Å²) >= 11 is 0. The topological polar surface area (TPSA) is 54.5 Å². The highest BCUT2D eigenvalue weighted by molar-refractivity contribution is 5.73. The Hall–Kier alpha value is -2.70. The van der Waals surface area contributed by atoms with E-state index in [1.54, 1.807) is 12.1 Å². The molecule has 5 nitrogen and oxygen atoms in total. The molecule has 7 heteroatoms. The first-order valence-electron chi connectivity index (χ1n) is 8.96. The minimum Gasteiger partial charge on any atom is -0.489 e. The second kappa shape index (κ2) is 8.33. The van der Waals surface area contributed by atoms with Gasteiger partial charge in [0, 0.05) is 19.9 Å². The number of alkyl halides is 2. The molecule has 0 spiro atoms. The quantitative estimate of drug-likeness (QED) is 0.833. The van der Waals surface area contributed by atoms with E-state index in [0.29, 0.717) is 18.9 Å². The van der Waals surface area contributed by atoms with Gasteiger partial charge in [-0.05, 0) is 36.8 Å². The van der Waals surface area contributed by atoms with Gasteiger partial charge in [-0.15, -0.1) is 0 Å². The lowest BCUT2D eigenvalue weighted by molar-refractivity contribution is -0.119. The third kappa shape index (κ3) is 4.93. The van der Waals surface area contributed by atoms with Gasteiger partial charge in [-0.25, -0.2) is 13.8 Å². The predicted molar refractivity (Wildman–Crippen MR) is 99.1 cm³/mol. The molecule has 0 aliphatic carbocycles. The van der Waals surface area contributed by atoms with Crippen LogP contribution in [-0.2, 0) is 4.79 Å². The maximum atomic E-state index is 12.8. The Morgan fingerprint density at radius 1 is 1.26 bits per heavy atom. The van der Waals surface area contributed by atoms with Crippen molar-refractivity contribution >= 4 is 11.7 Å². The van der Waals surface area contributed by atoms with Crippen molar-refractivity contribution in [2.45, 2.75) is 38.8 Å². The fourth-order valence-electron chi connectivity index (χ4n) is 3.19. The minimum absolute atomic E-state index is 0.0272. The lowest BCUT2D eigenvalue weighted by atomic mass is 10.1. The maximum absolute atomic E-state index is 12.8. The number of rotatable bonds is 6. The number of halogens is 2. The molecule has 1 fully saturated rings. The summed E-state index contributed by atoms with van der Waals surface area (Å²) in [5.41, 5.74) is 0.791. The fourth-order valence-corrected chi connectivity index (χ4v) is 3.19. The largest absolute Gasteiger partial charge is 0.489 e. The van der Waals surface area contributed by atoms with Crippen molar-refractivity contribution in [3.05, 3.63) is 53.7 Å². The number of benzene rings is 1. The van der Waals surface area contributed by atoms with Crippen molar-refractivity contribution in [2.24, 2.45) is 0 Å². The van der Waals surface area contributed by atoms with Gasteiger partial charge in [0.15, 0.2) is 0 Å². The molecule has 1 unspecified atom stereocenters. The molecule has 2 aromatic rings. The van der Waals surface area contributed by atoms with Crippen LogP contribution in [0.25, 0.3) is 0 Å². The van der Waals surface area contributed by atoms with E-state index in [2.05, 4.69) is 10.3 Å². The zero-order valence-electron chi connectivity index (χ0n) is 15.4. The summed E-state index contributed by atoms with van der Waals surface area (Å²) in [7, 11) is 0. The fraction of sp³-hybridized carbons (Fsp3) is 0.400. The number of pyridine rings is 1. The molecule has 0 saturated carbocycles. The average Bonchev–Trinajstić information content (AvgIpc) is 3.10. The number of ether oxygens (including phenoxy) is 1. The van der Waals surface area contributed by atoms with E-state index in [1.165, 1.54) is 13.0 Å². The first-order valence-corrected chi connectivity index (χ1v) is 8.96. The maximum Gasteiger partial charge on any atom is 0.280 e. The van der Waals surface area contributed by atoms with Crippen molar-refractivity contribution in [3.8, 4) is 5.75 Å². The molecule has 0 bridgehead atoms. The van der Waals surface area contributed by atoms with Gasteiger partial charge in [-0.2, -0.15) is 0 Å². The van der Waals surface area contributed by atoms with E-state index >= 15 is 0 Å². The van der Waals surface area contributed by atoms with Crippen LogP contribution < -0.4 is 15.0 Å². The van der Waals surface area contributed by atoms with Gasteiger partial charge in [0.1, 0.15) is 23.4 Å². The summed E-state index contributed by atoms with van der Waals surface area (Å²) in [5, 5.41) is 2.84. The van der Waals surface area contributed by atoms with Crippen molar-refractivity contribution in [3.63, 3.8) is 0 Å². The Labute approximate surface area is 157 Å². The molecule has 0 radical (unpaired) electrons. The second-order valence-electron chi connectivity index (χ2n) is 6.69. The van der Waals surface area contributed by atoms with E-state index in [0.717, 1.165) is 17.7 Å². The number of amides is 1. The normalized spacial score (nSPS) is 17.8. The van der Waals surface area contributed by atoms with Crippen LogP contribution in [0.5, 0.6) is 5.75 Å². The Morgan fingerprint density at radius 2 is 2.00 bits per heavy atom. The van der Waals surface area contributed by atoms with Crippen LogP contribution in [0.2, 0.25) is 0 Å². The van der Waals surface area contributed by atoms with Crippen molar-refractivity contribution in [1.29, 1.82) is 0 Å². The predicted octanol–water partition coefficient (Wildman–Crippen LogP) is 3.87. The number of anilines is 1. The van der Waals surface area contributed by atoms with E-state index < -0.39 is 6.43 Å². The van der Waals surface area contributed by atoms with E-state index in [4.69, 9.17) is 4.74 Å². The van der Waals surface area contributed by atoms with Crippen LogP contribution in [0.1, 0.15) is 44.0 Å². The number of carbonyl (C=O) groups is 1. The first kappa shape index (κ1) is 19.1. The lowest BCUT2D eigenvalue weighted by Gasteiger charge is -2.19. The van der Waals surface area contributed by atoms with Crippen LogP contribution in [0.3, 0.4) is 0 Å². The Kier molecular flexibility index (Phi) is 5.88. The SMILES string of the molecule is CC(=O)N[C@@H](C)c1ccc(OC2CCN(c3cccc(C(F)F)n3)C2)cc1. The highest BCUT2D eigenvalue weighted by Gasteiger charge is 2.25. The zero-order chi connectivity index (χ0) is 19.4. The van der Waals surface area contributed by atoms with Gasteiger partial charge in [0.2, 0.25) is 5.91 Å². The zero-order valence-corrected chi connectivity index (χ0v) is 15.4. The van der Waals surface area contributed by atoms with E-state index in [-0.39, 0.29) is 23.7 Å². The molecule has 2 atom stereocenters. The summed E-state index contributed by atoms with van der Waals surface area (Å²) in [5.74, 6) is 1.23. The molecule has 1 amide bonds. The van der Waals surface area contributed by atoms with Gasteiger partial charge in [0.05, 0.1) is 12.6 Å². The van der Waals surface area contributed by atoms with E-state index in [1.807, 2.05) is 36.1 Å². The first-order chi connectivity index (χ1) is 12.9. The van der Waals surface area contributed by atoms with E-state index in [9.17, 15) is 13.6 Å². The van der Waals surface area contributed by atoms with Crippen molar-refractivity contribution in [2.75, 3.05) is 18.0 Å². The molecule has 1 saturated heterocycles. The highest BCUT2D eigenvalue weighted by Crippen LogP contribution is 2.25. The molecule has 1 aromatic heterocycles. The van der Waals surface area contributed by atoms with Crippen molar-refractivity contribution in [1.82, 2.24) is 10.3 Å². The summed E-state index contributed by atoms with van der Waals surface area (Å²) in [4.78, 5) is 17.1. The number of hydrogen-bond donors (Lipinski definition) is 1. The van der Waals surface area contributed by atoms with Crippen LogP contribution in [0.15, 0.2) is 42.5 Å². The molecule has 3 rings (SSSR count). The molecule has 27 heavy (non-hydrogen) atoms. The molecule has 1 N–H and O–H groups in total. The molecular weight excluding hydrogens is 352 g/mol. The average molecular weight is 375 g/mol. The number of hydrogen-bond acceptors (Lipinski definition) is 4. The molecule has 2 heterocycles. The highest BCUT2D eigenvalue weighted by atomic mass is 19.3. The monoisotopic (exact) mass is 375 g/mol. The van der Waals surface area contributed by atoms with Gasteiger partial charge >= 0.3 is 0 Å². The number of nitrogens with zero attached hydrogens (tertiary/aromatic N) is 2. The molecule has 144 valence electrons. The van der Waals surface area contributed by atoms with Crippen LogP contribution >= 0.6 is 0 Å². The summed E-state index contributed by atoms with van der Waals surface area (Å²) < 4.78 is 31.7. The Morgan fingerprint density at radius 3 is 2.67 bits per heavy atom. The summed E-state index contributed by atoms with van der Waals surface area (Å²) in [6.45, 7) is 4.73. The number of nitrogens with one attached hydrogen (secondary N) is 1. The third-order valence-electron chi connectivity index (χ3n) is 4.55. The molecule has 1 aromatic carbocycles. The Balaban J connectivity index is 1.58. The third-order valence-corrected chi connectivity index (χ3v) is 4.55. The smallest absolute Gasteiger partial charge is 0.280 e. The Bertz CT molecular complexity index is 783. The second-order valence-corrected chi connectivity index (χ2v) is 6.69. The van der Waals surface area contributed by atoms with Gasteiger partial charge in [-0.3, -0.25) is 4.79 Å². The van der Waals surface area contributed by atoms with Crippen LogP contribution in [0.4, 0.5) is 14.6 Å². The van der Waals surface area contributed by atoms with Gasteiger partial charge in [-0.1, -0.05) is 18.2 Å². The lowest BCUT2D eigenvalue weighted by Crippen LogP contribution is -2.25. The van der Waals surface area contributed by atoms with Gasteiger partial charge in [0.25, 0.3) is 6.43 Å². The van der Waals surface area contributed by atoms with Crippen molar-refractivity contribution < 1.29 is 18.3 Å². The summed E-state index contributed by atoms with van der Waals surface area (Å²) in [6, 6.07) is 12.2. The number of carbonyl (C=O) groups excluding carboxylic acids is 1. The molecular formula is C20H23F2N3O2. The molecule has 1 aliphatic rings. The standard InChI is InChI=1S/C20H23F2N3O2/c1-13(23-14(2)26)15-6-8-16(9-7-15)27-17-10-11-25(12-17)19-5-3-4-18(24-19)20(21)22/h3-9,13,17,20H,10-12H2,1-2H3,(H,23,26)/t13-,17?/m0/s1. The van der Waals surface area contributed by atoms with Crippen LogP contribution in [-0.4, -0.2) is 30.1 Å². The minimum atomic E-state index is -2.57. The number of aromatic nitrogens is 1. The van der Waals surface area contributed by atoms with Gasteiger partial charge < -0.3 is 15.0 Å². The summed E-state index contributed by atoms with van der Waals surface area (Å²) in [6.07, 6.45) is -1.80. The molecule has 1 aliphatic heterocycles.